The van der Waals surface area contributed by atoms with Crippen LogP contribution in [0.2, 0.25) is 15.1 Å². The lowest BCUT2D eigenvalue weighted by molar-refractivity contribution is -0.133. The SMILES string of the molecule is O=C(Cc1ccc(Cl)c(Cl)c1)N1CCc2cccc(Cl)c2C1CN1CCCC1. The second kappa shape index (κ2) is 8.62. The van der Waals surface area contributed by atoms with Crippen molar-refractivity contribution in [1.82, 2.24) is 9.80 Å². The van der Waals surface area contributed by atoms with Gasteiger partial charge in [-0.25, -0.2) is 0 Å². The molecule has 6 heteroatoms. The molecule has 0 bridgehead atoms. The van der Waals surface area contributed by atoms with Gasteiger partial charge in [0.25, 0.3) is 0 Å². The van der Waals surface area contributed by atoms with E-state index in [9.17, 15) is 4.79 Å². The summed E-state index contributed by atoms with van der Waals surface area (Å²) in [6.07, 6.45) is 3.59. The molecule has 3 nitrogen and oxygen atoms in total. The number of rotatable bonds is 4. The summed E-state index contributed by atoms with van der Waals surface area (Å²) in [4.78, 5) is 17.7. The summed E-state index contributed by atoms with van der Waals surface area (Å²) in [6.45, 7) is 3.73. The van der Waals surface area contributed by atoms with E-state index in [0.717, 1.165) is 42.2 Å². The van der Waals surface area contributed by atoms with Crippen molar-refractivity contribution in [2.45, 2.75) is 31.7 Å². The maximum absolute atomic E-state index is 13.3. The Balaban J connectivity index is 1.61. The molecule has 1 amide bonds. The van der Waals surface area contributed by atoms with Crippen molar-refractivity contribution < 1.29 is 4.79 Å². The second-order valence-corrected chi connectivity index (χ2v) is 8.82. The highest BCUT2D eigenvalue weighted by Gasteiger charge is 2.34. The zero-order chi connectivity index (χ0) is 19.7. The Bertz CT molecular complexity index is 880. The number of hydrogen-bond acceptors (Lipinski definition) is 2. The number of nitrogens with zero attached hydrogens (tertiary/aromatic N) is 2. The Morgan fingerprint density at radius 3 is 2.50 bits per heavy atom. The van der Waals surface area contributed by atoms with E-state index in [1.807, 2.05) is 23.1 Å². The zero-order valence-corrected chi connectivity index (χ0v) is 17.9. The fourth-order valence-corrected chi connectivity index (χ4v) is 4.99. The fraction of sp³-hybridized carbons (Fsp3) is 0.409. The largest absolute Gasteiger partial charge is 0.334 e. The van der Waals surface area contributed by atoms with Crippen LogP contribution in [0.4, 0.5) is 0 Å². The molecule has 1 saturated heterocycles. The topological polar surface area (TPSA) is 23.6 Å². The first-order chi connectivity index (χ1) is 13.5. The molecule has 28 heavy (non-hydrogen) atoms. The first-order valence-electron chi connectivity index (χ1n) is 9.76. The van der Waals surface area contributed by atoms with Crippen molar-refractivity contribution in [3.8, 4) is 0 Å². The van der Waals surface area contributed by atoms with Gasteiger partial charge in [-0.05, 0) is 67.2 Å². The number of hydrogen-bond donors (Lipinski definition) is 0. The van der Waals surface area contributed by atoms with Crippen LogP contribution in [0.5, 0.6) is 0 Å². The molecule has 0 spiro atoms. The molecular formula is C22H23Cl3N2O. The van der Waals surface area contributed by atoms with Crippen LogP contribution in [-0.4, -0.2) is 41.9 Å². The molecule has 0 radical (unpaired) electrons. The van der Waals surface area contributed by atoms with Crippen LogP contribution < -0.4 is 0 Å². The average molecular weight is 438 g/mol. The van der Waals surface area contributed by atoms with Gasteiger partial charge in [-0.1, -0.05) is 53.0 Å². The number of fused-ring (bicyclic) bond motifs is 1. The summed E-state index contributed by atoms with van der Waals surface area (Å²) in [5.74, 6) is 0.105. The quantitative estimate of drug-likeness (QED) is 0.638. The third-order valence-corrected chi connectivity index (χ3v) is 6.83. The predicted octanol–water partition coefficient (Wildman–Crippen LogP) is 5.41. The highest BCUT2D eigenvalue weighted by molar-refractivity contribution is 6.42. The lowest BCUT2D eigenvalue weighted by Crippen LogP contribution is -2.45. The van der Waals surface area contributed by atoms with E-state index >= 15 is 0 Å². The number of amides is 1. The van der Waals surface area contributed by atoms with Crippen LogP contribution in [0, 0.1) is 0 Å². The molecule has 2 heterocycles. The van der Waals surface area contributed by atoms with Crippen molar-refractivity contribution in [2.75, 3.05) is 26.2 Å². The number of benzene rings is 2. The van der Waals surface area contributed by atoms with Gasteiger partial charge < -0.3 is 9.80 Å². The fourth-order valence-electron chi connectivity index (χ4n) is 4.35. The van der Waals surface area contributed by atoms with E-state index in [1.165, 1.54) is 18.4 Å². The maximum Gasteiger partial charge on any atom is 0.227 e. The predicted molar refractivity (Wildman–Crippen MR) is 115 cm³/mol. The minimum absolute atomic E-state index is 0.00850. The number of carbonyl (C=O) groups is 1. The standard InChI is InChI=1S/C22H23Cl3N2O/c23-17-7-6-15(12-19(17)25)13-21(28)27-11-8-16-4-3-5-18(24)22(16)20(27)14-26-9-1-2-10-26/h3-7,12,20H,1-2,8-11,13-14H2. The van der Waals surface area contributed by atoms with Gasteiger partial charge in [-0.15, -0.1) is 0 Å². The lowest BCUT2D eigenvalue weighted by Gasteiger charge is -2.40. The minimum atomic E-state index is -0.00850. The highest BCUT2D eigenvalue weighted by atomic mass is 35.5. The molecule has 0 N–H and O–H groups in total. The summed E-state index contributed by atoms with van der Waals surface area (Å²) >= 11 is 18.7. The van der Waals surface area contributed by atoms with Gasteiger partial charge in [-0.2, -0.15) is 0 Å². The van der Waals surface area contributed by atoms with Crippen LogP contribution in [0.3, 0.4) is 0 Å². The van der Waals surface area contributed by atoms with E-state index < -0.39 is 0 Å². The smallest absolute Gasteiger partial charge is 0.227 e. The molecule has 0 aromatic heterocycles. The Kier molecular flexibility index (Phi) is 6.17. The number of likely N-dealkylation sites (tertiary alicyclic amines) is 1. The summed E-state index contributed by atoms with van der Waals surface area (Å²) in [7, 11) is 0. The Hall–Kier alpha value is -1.26. The third-order valence-electron chi connectivity index (χ3n) is 5.76. The van der Waals surface area contributed by atoms with Crippen LogP contribution in [-0.2, 0) is 17.6 Å². The molecule has 1 fully saturated rings. The molecule has 1 atom stereocenters. The van der Waals surface area contributed by atoms with E-state index in [0.29, 0.717) is 23.0 Å². The first kappa shape index (κ1) is 20.0. The molecular weight excluding hydrogens is 415 g/mol. The van der Waals surface area contributed by atoms with Crippen molar-refractivity contribution in [3.63, 3.8) is 0 Å². The molecule has 2 aliphatic rings. The molecule has 1 unspecified atom stereocenters. The van der Waals surface area contributed by atoms with Crippen molar-refractivity contribution in [3.05, 3.63) is 68.2 Å². The molecule has 4 rings (SSSR count). The third kappa shape index (κ3) is 4.18. The van der Waals surface area contributed by atoms with E-state index in [-0.39, 0.29) is 11.9 Å². The Morgan fingerprint density at radius 1 is 0.964 bits per heavy atom. The van der Waals surface area contributed by atoms with Gasteiger partial charge in [0.05, 0.1) is 22.5 Å². The molecule has 2 aromatic rings. The van der Waals surface area contributed by atoms with Crippen LogP contribution in [0.15, 0.2) is 36.4 Å². The minimum Gasteiger partial charge on any atom is -0.334 e. The zero-order valence-electron chi connectivity index (χ0n) is 15.6. The summed E-state index contributed by atoms with van der Waals surface area (Å²) in [5, 5.41) is 1.74. The summed E-state index contributed by atoms with van der Waals surface area (Å²) < 4.78 is 0. The Labute approximate surface area is 181 Å². The first-order valence-corrected chi connectivity index (χ1v) is 10.9. The van der Waals surface area contributed by atoms with Crippen LogP contribution in [0.25, 0.3) is 0 Å². The summed E-state index contributed by atoms with van der Waals surface area (Å²) in [5.41, 5.74) is 3.25. The van der Waals surface area contributed by atoms with E-state index in [1.54, 1.807) is 12.1 Å². The van der Waals surface area contributed by atoms with Crippen molar-refractivity contribution >= 4 is 40.7 Å². The molecule has 0 saturated carbocycles. The van der Waals surface area contributed by atoms with Crippen LogP contribution in [0.1, 0.15) is 35.6 Å². The van der Waals surface area contributed by atoms with E-state index in [4.69, 9.17) is 34.8 Å². The van der Waals surface area contributed by atoms with Gasteiger partial charge >= 0.3 is 0 Å². The van der Waals surface area contributed by atoms with E-state index in [2.05, 4.69) is 11.0 Å². The second-order valence-electron chi connectivity index (χ2n) is 7.60. The normalized spacial score (nSPS) is 19.7. The van der Waals surface area contributed by atoms with Crippen LogP contribution >= 0.6 is 34.8 Å². The van der Waals surface area contributed by atoms with Gasteiger partial charge in [0.1, 0.15) is 0 Å². The monoisotopic (exact) mass is 436 g/mol. The molecule has 2 aliphatic heterocycles. The van der Waals surface area contributed by atoms with Gasteiger partial charge in [-0.3, -0.25) is 4.79 Å². The number of carbonyl (C=O) groups excluding carboxylic acids is 1. The highest BCUT2D eigenvalue weighted by Crippen LogP contribution is 2.36. The maximum atomic E-state index is 13.3. The summed E-state index contributed by atoms with van der Waals surface area (Å²) in [6, 6.07) is 11.5. The average Bonchev–Trinajstić information content (AvgIpc) is 3.18. The lowest BCUT2D eigenvalue weighted by atomic mass is 9.91. The van der Waals surface area contributed by atoms with Crippen molar-refractivity contribution in [2.24, 2.45) is 0 Å². The van der Waals surface area contributed by atoms with Crippen molar-refractivity contribution in [1.29, 1.82) is 0 Å². The molecule has 148 valence electrons. The number of halogens is 3. The van der Waals surface area contributed by atoms with Gasteiger partial charge in [0.15, 0.2) is 0 Å². The van der Waals surface area contributed by atoms with Gasteiger partial charge in [0, 0.05) is 18.1 Å². The molecule has 2 aromatic carbocycles. The Morgan fingerprint density at radius 2 is 1.75 bits per heavy atom. The van der Waals surface area contributed by atoms with Gasteiger partial charge in [0.2, 0.25) is 5.91 Å². The molecule has 0 aliphatic carbocycles.